The van der Waals surface area contributed by atoms with Crippen LogP contribution in [0.4, 0.5) is 0 Å². The van der Waals surface area contributed by atoms with Crippen molar-refractivity contribution < 1.29 is 19.4 Å². The zero-order valence-corrected chi connectivity index (χ0v) is 10.1. The lowest BCUT2D eigenvalue weighted by Gasteiger charge is -2.23. The van der Waals surface area contributed by atoms with Crippen molar-refractivity contribution in [2.45, 2.75) is 32.2 Å². The molecule has 2 atom stereocenters. The Morgan fingerprint density at radius 1 is 1.44 bits per heavy atom. The van der Waals surface area contributed by atoms with Gasteiger partial charge in [-0.3, -0.25) is 9.59 Å². The van der Waals surface area contributed by atoms with Gasteiger partial charge in [0.15, 0.2) is 12.3 Å². The number of ether oxygens (including phenoxy) is 1. The second kappa shape index (κ2) is 5.18. The zero-order chi connectivity index (χ0) is 13.1. The maximum absolute atomic E-state index is 11.8. The summed E-state index contributed by atoms with van der Waals surface area (Å²) in [6.07, 6.45) is -1.80. The van der Waals surface area contributed by atoms with Gasteiger partial charge in [0.1, 0.15) is 0 Å². The molecule has 1 aliphatic rings. The van der Waals surface area contributed by atoms with Crippen LogP contribution in [0, 0.1) is 0 Å². The van der Waals surface area contributed by atoms with Crippen LogP contribution in [0.1, 0.15) is 18.9 Å². The molecule has 1 saturated heterocycles. The van der Waals surface area contributed by atoms with Gasteiger partial charge in [0.05, 0.1) is 6.42 Å². The predicted molar refractivity (Wildman–Crippen MR) is 63.2 cm³/mol. The SMILES string of the molecule is CC(=O)O[C@H]1CC(=O)N(Cc2ccccc2)[C@H]1O. The molecule has 5 heteroatoms. The van der Waals surface area contributed by atoms with Crippen molar-refractivity contribution in [3.05, 3.63) is 35.9 Å². The van der Waals surface area contributed by atoms with E-state index in [4.69, 9.17) is 4.74 Å². The van der Waals surface area contributed by atoms with Gasteiger partial charge in [-0.1, -0.05) is 30.3 Å². The quantitative estimate of drug-likeness (QED) is 0.799. The van der Waals surface area contributed by atoms with E-state index in [9.17, 15) is 14.7 Å². The molecule has 1 fully saturated rings. The molecule has 0 bridgehead atoms. The van der Waals surface area contributed by atoms with Gasteiger partial charge in [0, 0.05) is 13.5 Å². The average molecular weight is 249 g/mol. The molecule has 1 amide bonds. The number of carbonyl (C=O) groups excluding carboxylic acids is 2. The summed E-state index contributed by atoms with van der Waals surface area (Å²) >= 11 is 0. The van der Waals surface area contributed by atoms with Crippen molar-refractivity contribution in [1.29, 1.82) is 0 Å². The Hall–Kier alpha value is -1.88. The van der Waals surface area contributed by atoms with E-state index in [2.05, 4.69) is 0 Å². The third-order valence-corrected chi connectivity index (χ3v) is 2.86. The smallest absolute Gasteiger partial charge is 0.303 e. The summed E-state index contributed by atoms with van der Waals surface area (Å²) in [5.41, 5.74) is 0.924. The molecule has 1 N–H and O–H groups in total. The maximum Gasteiger partial charge on any atom is 0.303 e. The summed E-state index contributed by atoms with van der Waals surface area (Å²) in [6.45, 7) is 1.58. The first-order valence-corrected chi connectivity index (χ1v) is 5.76. The van der Waals surface area contributed by atoms with Crippen LogP contribution in [0.3, 0.4) is 0 Å². The highest BCUT2D eigenvalue weighted by Gasteiger charge is 2.40. The van der Waals surface area contributed by atoms with Gasteiger partial charge in [0.25, 0.3) is 0 Å². The molecule has 2 rings (SSSR count). The summed E-state index contributed by atoms with van der Waals surface area (Å²) < 4.78 is 4.91. The van der Waals surface area contributed by atoms with Crippen LogP contribution < -0.4 is 0 Å². The topological polar surface area (TPSA) is 66.8 Å². The Morgan fingerprint density at radius 2 is 2.11 bits per heavy atom. The van der Waals surface area contributed by atoms with Crippen molar-refractivity contribution in [3.8, 4) is 0 Å². The monoisotopic (exact) mass is 249 g/mol. The van der Waals surface area contributed by atoms with Crippen molar-refractivity contribution >= 4 is 11.9 Å². The van der Waals surface area contributed by atoms with E-state index < -0.39 is 18.3 Å². The summed E-state index contributed by atoms with van der Waals surface area (Å²) in [4.78, 5) is 23.9. The fourth-order valence-electron chi connectivity index (χ4n) is 2.02. The fourth-order valence-corrected chi connectivity index (χ4v) is 2.02. The number of aliphatic hydroxyl groups excluding tert-OH is 1. The molecule has 1 aromatic rings. The molecule has 0 radical (unpaired) electrons. The van der Waals surface area contributed by atoms with Crippen molar-refractivity contribution in [2.24, 2.45) is 0 Å². The standard InChI is InChI=1S/C13H15NO4/c1-9(15)18-11-7-12(16)14(13(11)17)8-10-5-3-2-4-6-10/h2-6,11,13,17H,7-8H2,1H3/t11-,13-/m0/s1. The number of rotatable bonds is 3. The van der Waals surface area contributed by atoms with Crippen LogP contribution in [0.5, 0.6) is 0 Å². The summed E-state index contributed by atoms with van der Waals surface area (Å²) in [5.74, 6) is -0.703. The summed E-state index contributed by atoms with van der Waals surface area (Å²) in [5, 5.41) is 9.96. The molecule has 0 aliphatic carbocycles. The highest BCUT2D eigenvalue weighted by molar-refractivity contribution is 5.80. The van der Waals surface area contributed by atoms with Gasteiger partial charge in [-0.15, -0.1) is 0 Å². The van der Waals surface area contributed by atoms with Crippen LogP contribution in [-0.2, 0) is 20.9 Å². The third-order valence-electron chi connectivity index (χ3n) is 2.86. The minimum atomic E-state index is -1.07. The number of likely N-dealkylation sites (tertiary alicyclic amines) is 1. The molecule has 96 valence electrons. The molecule has 1 heterocycles. The predicted octanol–water partition coefficient (Wildman–Crippen LogP) is 0.669. The number of benzene rings is 1. The zero-order valence-electron chi connectivity index (χ0n) is 10.1. The Morgan fingerprint density at radius 3 is 2.72 bits per heavy atom. The minimum Gasteiger partial charge on any atom is -0.457 e. The summed E-state index contributed by atoms with van der Waals surface area (Å²) in [6, 6.07) is 9.36. The highest BCUT2D eigenvalue weighted by Crippen LogP contribution is 2.22. The second-order valence-corrected chi connectivity index (χ2v) is 4.27. The first kappa shape index (κ1) is 12.6. The Bertz CT molecular complexity index is 446. The normalized spacial score (nSPS) is 23.2. The highest BCUT2D eigenvalue weighted by atomic mass is 16.6. The molecule has 1 aromatic carbocycles. The number of hydrogen-bond acceptors (Lipinski definition) is 4. The first-order valence-electron chi connectivity index (χ1n) is 5.76. The molecular weight excluding hydrogens is 234 g/mol. The Kier molecular flexibility index (Phi) is 3.62. The van der Waals surface area contributed by atoms with Gasteiger partial charge < -0.3 is 14.7 Å². The fraction of sp³-hybridized carbons (Fsp3) is 0.385. The van der Waals surface area contributed by atoms with E-state index >= 15 is 0 Å². The van der Waals surface area contributed by atoms with Gasteiger partial charge in [-0.2, -0.15) is 0 Å². The van der Waals surface area contributed by atoms with E-state index in [1.54, 1.807) is 0 Å². The van der Waals surface area contributed by atoms with E-state index in [1.165, 1.54) is 11.8 Å². The van der Waals surface area contributed by atoms with E-state index in [0.29, 0.717) is 6.54 Å². The van der Waals surface area contributed by atoms with Crippen molar-refractivity contribution in [2.75, 3.05) is 0 Å². The molecule has 1 aliphatic heterocycles. The number of amides is 1. The van der Waals surface area contributed by atoms with Crippen LogP contribution in [0.2, 0.25) is 0 Å². The van der Waals surface area contributed by atoms with Gasteiger partial charge in [-0.25, -0.2) is 0 Å². The lowest BCUT2D eigenvalue weighted by atomic mass is 10.2. The largest absolute Gasteiger partial charge is 0.457 e. The molecule has 18 heavy (non-hydrogen) atoms. The van der Waals surface area contributed by atoms with Crippen LogP contribution in [0.25, 0.3) is 0 Å². The van der Waals surface area contributed by atoms with Gasteiger partial charge in [-0.05, 0) is 5.56 Å². The number of esters is 1. The molecule has 0 spiro atoms. The third kappa shape index (κ3) is 2.68. The van der Waals surface area contributed by atoms with Crippen molar-refractivity contribution in [3.63, 3.8) is 0 Å². The molecule has 5 nitrogen and oxygen atoms in total. The van der Waals surface area contributed by atoms with Crippen LogP contribution in [-0.4, -0.2) is 34.2 Å². The molecule has 0 aromatic heterocycles. The minimum absolute atomic E-state index is 0.0353. The van der Waals surface area contributed by atoms with Gasteiger partial charge in [0.2, 0.25) is 5.91 Å². The number of hydrogen-bond donors (Lipinski definition) is 1. The van der Waals surface area contributed by atoms with Crippen LogP contribution >= 0.6 is 0 Å². The van der Waals surface area contributed by atoms with Crippen LogP contribution in [0.15, 0.2) is 30.3 Å². The number of nitrogens with zero attached hydrogens (tertiary/aromatic N) is 1. The Balaban J connectivity index is 2.05. The Labute approximate surface area is 105 Å². The molecule has 0 saturated carbocycles. The lowest BCUT2D eigenvalue weighted by Crippen LogP contribution is -2.37. The summed E-state index contributed by atoms with van der Waals surface area (Å²) in [7, 11) is 0. The number of aliphatic hydroxyl groups is 1. The van der Waals surface area contributed by atoms with E-state index in [-0.39, 0.29) is 12.3 Å². The molecular formula is C13H15NO4. The first-order chi connectivity index (χ1) is 8.58. The second-order valence-electron chi connectivity index (χ2n) is 4.27. The van der Waals surface area contributed by atoms with Gasteiger partial charge >= 0.3 is 5.97 Å². The van der Waals surface area contributed by atoms with Crippen molar-refractivity contribution in [1.82, 2.24) is 4.90 Å². The van der Waals surface area contributed by atoms with E-state index in [0.717, 1.165) is 5.56 Å². The van der Waals surface area contributed by atoms with E-state index in [1.807, 2.05) is 30.3 Å². The maximum atomic E-state index is 11.8. The lowest BCUT2D eigenvalue weighted by molar-refractivity contribution is -0.155. The average Bonchev–Trinajstić information content (AvgIpc) is 2.58. The number of carbonyl (C=O) groups is 2. The molecule has 0 unspecified atom stereocenters.